The Labute approximate surface area is 160 Å². The molecule has 1 aromatic carbocycles. The minimum absolute atomic E-state index is 0.0242. The van der Waals surface area contributed by atoms with E-state index in [4.69, 9.17) is 5.73 Å². The van der Waals surface area contributed by atoms with Gasteiger partial charge in [0.2, 0.25) is 0 Å². The fourth-order valence-corrected chi connectivity index (χ4v) is 4.13. The summed E-state index contributed by atoms with van der Waals surface area (Å²) >= 11 is 0. The van der Waals surface area contributed by atoms with Crippen LogP contribution in [0.2, 0.25) is 0 Å². The van der Waals surface area contributed by atoms with Crippen LogP contribution in [0.25, 0.3) is 0 Å². The molecule has 7 heteroatoms. The summed E-state index contributed by atoms with van der Waals surface area (Å²) in [4.78, 5) is 28.1. The van der Waals surface area contributed by atoms with Crippen LogP contribution in [0, 0.1) is 22.0 Å². The molecule has 3 rings (SSSR count). The highest BCUT2D eigenvalue weighted by Gasteiger charge is 2.29. The molecule has 0 spiro atoms. The third-order valence-electron chi connectivity index (χ3n) is 6.03. The fourth-order valence-electron chi connectivity index (χ4n) is 4.13. The minimum Gasteiger partial charge on any atom is -0.366 e. The van der Waals surface area contributed by atoms with Crippen LogP contribution >= 0.6 is 0 Å². The number of hydrogen-bond donors (Lipinski definition) is 1. The van der Waals surface area contributed by atoms with E-state index in [1.54, 1.807) is 17.0 Å². The molecule has 2 atom stereocenters. The van der Waals surface area contributed by atoms with Crippen molar-refractivity contribution in [3.63, 3.8) is 0 Å². The second-order valence-corrected chi connectivity index (χ2v) is 8.14. The Bertz CT molecular complexity index is 698. The van der Waals surface area contributed by atoms with Crippen LogP contribution in [0.15, 0.2) is 18.2 Å². The number of nitrogens with zero attached hydrogens (tertiary/aromatic N) is 3. The highest BCUT2D eigenvalue weighted by atomic mass is 16.6. The number of nitro groups is 1. The largest absolute Gasteiger partial charge is 0.366 e. The first kappa shape index (κ1) is 19.6. The number of nitro benzene ring substituents is 1. The molecule has 2 aliphatic heterocycles. The molecule has 1 aromatic rings. The average molecular weight is 374 g/mol. The number of carbonyl (C=O) groups is 1. The van der Waals surface area contributed by atoms with E-state index in [9.17, 15) is 14.9 Å². The standard InChI is InChI=1S/C20H30N4O3/c1-14-7-10-22(11-8-14)18-6-5-16(12-19(18)24(26)27)20(25)23-9-3-4-17(13-23)15(2)21/h5-6,12,14-15,17H,3-4,7-11,13,21H2,1-2H3. The summed E-state index contributed by atoms with van der Waals surface area (Å²) < 4.78 is 0. The monoisotopic (exact) mass is 374 g/mol. The summed E-state index contributed by atoms with van der Waals surface area (Å²) in [7, 11) is 0. The predicted octanol–water partition coefficient (Wildman–Crippen LogP) is 3.03. The van der Waals surface area contributed by atoms with Crippen LogP contribution in [-0.4, -0.2) is 48.0 Å². The number of anilines is 1. The van der Waals surface area contributed by atoms with Gasteiger partial charge in [-0.3, -0.25) is 14.9 Å². The molecule has 0 saturated carbocycles. The number of rotatable bonds is 4. The van der Waals surface area contributed by atoms with Gasteiger partial charge in [-0.05, 0) is 56.6 Å². The maximum absolute atomic E-state index is 12.9. The topological polar surface area (TPSA) is 92.7 Å². The average Bonchev–Trinajstić information content (AvgIpc) is 2.67. The maximum atomic E-state index is 12.9. The molecular formula is C20H30N4O3. The van der Waals surface area contributed by atoms with Gasteiger partial charge in [0.05, 0.1) is 4.92 Å². The van der Waals surface area contributed by atoms with Crippen molar-refractivity contribution >= 4 is 17.3 Å². The third-order valence-corrected chi connectivity index (χ3v) is 6.03. The van der Waals surface area contributed by atoms with E-state index in [1.807, 2.05) is 6.92 Å². The van der Waals surface area contributed by atoms with E-state index in [2.05, 4.69) is 11.8 Å². The van der Waals surface area contributed by atoms with Gasteiger partial charge in [-0.1, -0.05) is 6.92 Å². The van der Waals surface area contributed by atoms with E-state index in [1.165, 1.54) is 6.07 Å². The first-order valence-corrected chi connectivity index (χ1v) is 9.95. The summed E-state index contributed by atoms with van der Waals surface area (Å²) in [6.45, 7) is 7.12. The van der Waals surface area contributed by atoms with Crippen molar-refractivity contribution in [2.24, 2.45) is 17.6 Å². The quantitative estimate of drug-likeness (QED) is 0.646. The van der Waals surface area contributed by atoms with Crippen molar-refractivity contribution in [3.05, 3.63) is 33.9 Å². The molecule has 1 amide bonds. The highest BCUT2D eigenvalue weighted by Crippen LogP contribution is 2.33. The van der Waals surface area contributed by atoms with Gasteiger partial charge >= 0.3 is 0 Å². The molecule has 0 aromatic heterocycles. The number of benzene rings is 1. The van der Waals surface area contributed by atoms with Crippen LogP contribution in [0.3, 0.4) is 0 Å². The third kappa shape index (κ3) is 4.40. The number of likely N-dealkylation sites (tertiary alicyclic amines) is 1. The van der Waals surface area contributed by atoms with Crippen LogP contribution in [-0.2, 0) is 0 Å². The fraction of sp³-hybridized carbons (Fsp3) is 0.650. The Hall–Kier alpha value is -2.15. The molecule has 2 saturated heterocycles. The highest BCUT2D eigenvalue weighted by molar-refractivity contribution is 5.96. The van der Waals surface area contributed by atoms with E-state index < -0.39 is 0 Å². The zero-order chi connectivity index (χ0) is 19.6. The zero-order valence-corrected chi connectivity index (χ0v) is 16.3. The summed E-state index contributed by atoms with van der Waals surface area (Å²) in [5, 5.41) is 11.7. The van der Waals surface area contributed by atoms with E-state index in [0.29, 0.717) is 30.3 Å². The SMILES string of the molecule is CC1CCN(c2ccc(C(=O)N3CCCC(C(C)N)C3)cc2[N+](=O)[O-])CC1. The maximum Gasteiger partial charge on any atom is 0.293 e. The molecule has 0 bridgehead atoms. The molecule has 2 fully saturated rings. The lowest BCUT2D eigenvalue weighted by Crippen LogP contribution is -2.45. The minimum atomic E-state index is -0.370. The molecule has 7 nitrogen and oxygen atoms in total. The number of nitrogens with two attached hydrogens (primary N) is 1. The summed E-state index contributed by atoms with van der Waals surface area (Å²) in [5.74, 6) is 0.799. The smallest absolute Gasteiger partial charge is 0.293 e. The van der Waals surface area contributed by atoms with Crippen molar-refractivity contribution in [1.82, 2.24) is 4.90 Å². The van der Waals surface area contributed by atoms with Crippen LogP contribution in [0.5, 0.6) is 0 Å². The number of hydrogen-bond acceptors (Lipinski definition) is 5. The van der Waals surface area contributed by atoms with Crippen molar-refractivity contribution in [1.29, 1.82) is 0 Å². The molecule has 2 heterocycles. The lowest BCUT2D eigenvalue weighted by atomic mass is 9.92. The Balaban J connectivity index is 1.81. The number of amides is 1. The lowest BCUT2D eigenvalue weighted by molar-refractivity contribution is -0.384. The summed E-state index contributed by atoms with van der Waals surface area (Å²) in [6.07, 6.45) is 4.01. The molecule has 2 N–H and O–H groups in total. The van der Waals surface area contributed by atoms with Crippen molar-refractivity contribution < 1.29 is 9.72 Å². The Morgan fingerprint density at radius 3 is 2.59 bits per heavy atom. The van der Waals surface area contributed by atoms with Gasteiger partial charge in [0.1, 0.15) is 5.69 Å². The van der Waals surface area contributed by atoms with Gasteiger partial charge in [-0.2, -0.15) is 0 Å². The zero-order valence-electron chi connectivity index (χ0n) is 16.3. The Morgan fingerprint density at radius 1 is 1.26 bits per heavy atom. The normalized spacial score (nSPS) is 22.6. The molecule has 148 valence electrons. The van der Waals surface area contributed by atoms with Crippen LogP contribution < -0.4 is 10.6 Å². The molecule has 2 unspecified atom stereocenters. The predicted molar refractivity (Wildman–Crippen MR) is 106 cm³/mol. The van der Waals surface area contributed by atoms with E-state index in [-0.39, 0.29) is 28.5 Å². The first-order chi connectivity index (χ1) is 12.9. The molecular weight excluding hydrogens is 344 g/mol. The first-order valence-electron chi connectivity index (χ1n) is 9.95. The molecule has 2 aliphatic rings. The lowest BCUT2D eigenvalue weighted by Gasteiger charge is -2.35. The van der Waals surface area contributed by atoms with Crippen molar-refractivity contribution in [2.75, 3.05) is 31.1 Å². The van der Waals surface area contributed by atoms with Gasteiger partial charge < -0.3 is 15.5 Å². The van der Waals surface area contributed by atoms with Crippen molar-refractivity contribution in [3.8, 4) is 0 Å². The van der Waals surface area contributed by atoms with Crippen molar-refractivity contribution in [2.45, 2.75) is 45.6 Å². The van der Waals surface area contributed by atoms with Gasteiger partial charge in [-0.25, -0.2) is 0 Å². The van der Waals surface area contributed by atoms with Gasteiger partial charge in [0.25, 0.3) is 11.6 Å². The number of piperidine rings is 2. The number of carbonyl (C=O) groups excluding carboxylic acids is 1. The second-order valence-electron chi connectivity index (χ2n) is 8.14. The summed E-state index contributed by atoms with van der Waals surface area (Å²) in [6, 6.07) is 4.97. The van der Waals surface area contributed by atoms with Gasteiger partial charge in [-0.15, -0.1) is 0 Å². The molecule has 27 heavy (non-hydrogen) atoms. The molecule has 0 radical (unpaired) electrons. The van der Waals surface area contributed by atoms with E-state index in [0.717, 1.165) is 38.8 Å². The summed E-state index contributed by atoms with van der Waals surface area (Å²) in [5.41, 5.74) is 7.05. The van der Waals surface area contributed by atoms with Crippen LogP contribution in [0.1, 0.15) is 49.9 Å². The van der Waals surface area contributed by atoms with Gasteiger partial charge in [0.15, 0.2) is 0 Å². The van der Waals surface area contributed by atoms with Gasteiger partial charge in [0, 0.05) is 43.9 Å². The second kappa shape index (κ2) is 8.25. The van der Waals surface area contributed by atoms with Crippen LogP contribution in [0.4, 0.5) is 11.4 Å². The Kier molecular flexibility index (Phi) is 5.99. The Morgan fingerprint density at radius 2 is 1.96 bits per heavy atom. The van der Waals surface area contributed by atoms with E-state index >= 15 is 0 Å². The molecule has 0 aliphatic carbocycles.